The molecule has 2 aliphatic rings. The fourth-order valence-electron chi connectivity index (χ4n) is 5.92. The van der Waals surface area contributed by atoms with Crippen molar-refractivity contribution in [1.29, 1.82) is 0 Å². The van der Waals surface area contributed by atoms with Crippen molar-refractivity contribution in [1.82, 2.24) is 10.6 Å². The van der Waals surface area contributed by atoms with Crippen LogP contribution in [0.2, 0.25) is 0 Å². The third kappa shape index (κ3) is 12.1. The Bertz CT molecular complexity index is 675. The lowest BCUT2D eigenvalue weighted by molar-refractivity contribution is -0.153. The summed E-state index contributed by atoms with van der Waals surface area (Å²) in [7, 11) is 0. The molecule has 2 rings (SSSR count). The third-order valence-corrected chi connectivity index (χ3v) is 8.31. The lowest BCUT2D eigenvalue weighted by Crippen LogP contribution is -2.56. The van der Waals surface area contributed by atoms with Crippen LogP contribution in [0.5, 0.6) is 0 Å². The molecular formula is C31H58N2O4. The molecule has 2 heterocycles. The van der Waals surface area contributed by atoms with Crippen LogP contribution in [0.15, 0.2) is 0 Å². The molecule has 4 unspecified atom stereocenters. The smallest absolute Gasteiger partial charge is 0.306 e. The standard InChI is InChI=1S/C31H58N2O4/c1-21(2)26-17-24(18-27(32-26)22(3)4)36-29(34)15-13-11-9-10-12-14-16-30(35)37-25-19-28(23(5)6)33-31(7,8)20-25/h21-28,32-33H,9-20H2,1-8H3. The molecule has 2 saturated heterocycles. The normalized spacial score (nSPS) is 28.0. The van der Waals surface area contributed by atoms with E-state index < -0.39 is 0 Å². The van der Waals surface area contributed by atoms with Crippen molar-refractivity contribution in [2.24, 2.45) is 17.8 Å². The van der Waals surface area contributed by atoms with E-state index in [4.69, 9.17) is 9.47 Å². The van der Waals surface area contributed by atoms with Crippen molar-refractivity contribution >= 4 is 11.9 Å². The number of hydrogen-bond donors (Lipinski definition) is 2. The summed E-state index contributed by atoms with van der Waals surface area (Å²) in [6, 6.07) is 1.23. The molecule has 0 spiro atoms. The van der Waals surface area contributed by atoms with Gasteiger partial charge >= 0.3 is 11.9 Å². The second-order valence-electron chi connectivity index (χ2n) is 13.5. The molecule has 0 amide bonds. The van der Waals surface area contributed by atoms with Gasteiger partial charge in [0.05, 0.1) is 0 Å². The molecule has 0 aromatic heterocycles. The lowest BCUT2D eigenvalue weighted by atomic mass is 9.83. The van der Waals surface area contributed by atoms with Gasteiger partial charge in [-0.25, -0.2) is 0 Å². The van der Waals surface area contributed by atoms with Crippen LogP contribution in [0.4, 0.5) is 0 Å². The summed E-state index contributed by atoms with van der Waals surface area (Å²) >= 11 is 0. The zero-order valence-corrected chi connectivity index (χ0v) is 25.2. The monoisotopic (exact) mass is 522 g/mol. The largest absolute Gasteiger partial charge is 0.462 e. The van der Waals surface area contributed by atoms with Crippen molar-refractivity contribution in [3.05, 3.63) is 0 Å². The van der Waals surface area contributed by atoms with Crippen molar-refractivity contribution in [3.8, 4) is 0 Å². The maximum Gasteiger partial charge on any atom is 0.306 e. The molecule has 37 heavy (non-hydrogen) atoms. The third-order valence-electron chi connectivity index (χ3n) is 8.31. The van der Waals surface area contributed by atoms with E-state index in [2.05, 4.69) is 66.0 Å². The highest BCUT2D eigenvalue weighted by molar-refractivity contribution is 5.69. The maximum atomic E-state index is 12.4. The number of ether oxygens (including phenoxy) is 2. The molecule has 0 aromatic rings. The Hall–Kier alpha value is -1.14. The summed E-state index contributed by atoms with van der Waals surface area (Å²) in [5.41, 5.74) is 0.00514. The highest BCUT2D eigenvalue weighted by atomic mass is 16.5. The van der Waals surface area contributed by atoms with Gasteiger partial charge in [-0.3, -0.25) is 9.59 Å². The van der Waals surface area contributed by atoms with E-state index in [1.54, 1.807) is 0 Å². The predicted octanol–water partition coefficient (Wildman–Crippen LogP) is 6.55. The molecule has 2 fully saturated rings. The minimum absolute atomic E-state index is 0.00514. The lowest BCUT2D eigenvalue weighted by Gasteiger charge is -2.42. The van der Waals surface area contributed by atoms with Gasteiger partial charge in [0, 0.05) is 62.2 Å². The summed E-state index contributed by atoms with van der Waals surface area (Å²) in [6.45, 7) is 17.8. The van der Waals surface area contributed by atoms with Crippen molar-refractivity contribution in [2.45, 2.75) is 168 Å². The number of esters is 2. The fourth-order valence-corrected chi connectivity index (χ4v) is 5.92. The van der Waals surface area contributed by atoms with Crippen LogP contribution in [0, 0.1) is 17.8 Å². The second-order valence-corrected chi connectivity index (χ2v) is 13.5. The van der Waals surface area contributed by atoms with Gasteiger partial charge in [0.2, 0.25) is 0 Å². The molecular weight excluding hydrogens is 464 g/mol. The highest BCUT2D eigenvalue weighted by Gasteiger charge is 2.36. The topological polar surface area (TPSA) is 76.7 Å². The van der Waals surface area contributed by atoms with Gasteiger partial charge in [-0.1, -0.05) is 67.2 Å². The van der Waals surface area contributed by atoms with Gasteiger partial charge in [-0.2, -0.15) is 0 Å². The summed E-state index contributed by atoms with van der Waals surface area (Å²) in [6.07, 6.45) is 10.7. The Balaban J connectivity index is 1.54. The second kappa shape index (κ2) is 15.5. The Morgan fingerprint density at radius 1 is 0.676 bits per heavy atom. The Labute approximate surface area is 227 Å². The molecule has 0 aromatic carbocycles. The summed E-state index contributed by atoms with van der Waals surface area (Å²) < 4.78 is 11.7. The molecule has 0 radical (unpaired) electrons. The Morgan fingerprint density at radius 2 is 1.08 bits per heavy atom. The Kier molecular flexibility index (Phi) is 13.4. The van der Waals surface area contributed by atoms with E-state index in [-0.39, 0.29) is 29.7 Å². The summed E-state index contributed by atoms with van der Waals surface area (Å²) in [5.74, 6) is 1.52. The highest BCUT2D eigenvalue weighted by Crippen LogP contribution is 2.28. The molecule has 2 N–H and O–H groups in total. The first-order valence-electron chi connectivity index (χ1n) is 15.3. The van der Waals surface area contributed by atoms with E-state index >= 15 is 0 Å². The number of unbranched alkanes of at least 4 members (excludes halogenated alkanes) is 5. The first-order valence-corrected chi connectivity index (χ1v) is 15.3. The average molecular weight is 523 g/mol. The molecule has 0 aliphatic carbocycles. The van der Waals surface area contributed by atoms with Crippen LogP contribution < -0.4 is 10.6 Å². The first kappa shape index (κ1) is 32.1. The molecule has 216 valence electrons. The number of piperidine rings is 2. The average Bonchev–Trinajstić information content (AvgIpc) is 2.79. The summed E-state index contributed by atoms with van der Waals surface area (Å²) in [4.78, 5) is 24.8. The van der Waals surface area contributed by atoms with E-state index in [0.717, 1.165) is 64.2 Å². The maximum absolute atomic E-state index is 12.4. The molecule has 4 atom stereocenters. The Morgan fingerprint density at radius 3 is 1.54 bits per heavy atom. The van der Waals surface area contributed by atoms with Crippen LogP contribution >= 0.6 is 0 Å². The van der Waals surface area contributed by atoms with Crippen LogP contribution in [0.1, 0.15) is 132 Å². The van der Waals surface area contributed by atoms with Crippen molar-refractivity contribution < 1.29 is 19.1 Å². The van der Waals surface area contributed by atoms with E-state index in [9.17, 15) is 9.59 Å². The molecule has 2 aliphatic heterocycles. The zero-order chi connectivity index (χ0) is 27.6. The van der Waals surface area contributed by atoms with Gasteiger partial charge in [0.1, 0.15) is 12.2 Å². The minimum Gasteiger partial charge on any atom is -0.462 e. The molecule has 0 saturated carbocycles. The van der Waals surface area contributed by atoms with Crippen LogP contribution in [-0.4, -0.2) is 47.8 Å². The molecule has 0 bridgehead atoms. The number of rotatable bonds is 14. The minimum atomic E-state index is -0.0507. The first-order chi connectivity index (χ1) is 17.4. The van der Waals surface area contributed by atoms with E-state index in [1.165, 1.54) is 0 Å². The van der Waals surface area contributed by atoms with Crippen LogP contribution in [-0.2, 0) is 19.1 Å². The SMILES string of the molecule is CC(C)C1CC(OC(=O)CCCCCCCCC(=O)OC2CC(C(C)C)NC(C)(C)C2)CC(C(C)C)N1. The van der Waals surface area contributed by atoms with Crippen molar-refractivity contribution in [3.63, 3.8) is 0 Å². The molecule has 6 heteroatoms. The van der Waals surface area contributed by atoms with Gasteiger partial charge in [0.25, 0.3) is 0 Å². The van der Waals surface area contributed by atoms with E-state index in [1.807, 2.05) is 0 Å². The number of hydrogen-bond acceptors (Lipinski definition) is 6. The zero-order valence-electron chi connectivity index (χ0n) is 25.2. The quantitative estimate of drug-likeness (QED) is 0.199. The van der Waals surface area contributed by atoms with Gasteiger partial charge in [0.15, 0.2) is 0 Å². The molecule has 6 nitrogen and oxygen atoms in total. The number of carbonyl (C=O) groups is 2. The van der Waals surface area contributed by atoms with Gasteiger partial charge < -0.3 is 20.1 Å². The number of nitrogens with one attached hydrogen (secondary N) is 2. The van der Waals surface area contributed by atoms with Crippen LogP contribution in [0.25, 0.3) is 0 Å². The van der Waals surface area contributed by atoms with E-state index in [0.29, 0.717) is 48.7 Å². The number of carbonyl (C=O) groups excluding carboxylic acids is 2. The van der Waals surface area contributed by atoms with Crippen molar-refractivity contribution in [2.75, 3.05) is 0 Å². The van der Waals surface area contributed by atoms with Crippen LogP contribution in [0.3, 0.4) is 0 Å². The predicted molar refractivity (Wildman–Crippen MR) is 151 cm³/mol. The summed E-state index contributed by atoms with van der Waals surface area (Å²) in [5, 5.41) is 7.43. The van der Waals surface area contributed by atoms with Gasteiger partial charge in [-0.15, -0.1) is 0 Å². The fraction of sp³-hybridized carbons (Fsp3) is 0.935. The van der Waals surface area contributed by atoms with Gasteiger partial charge in [-0.05, 0) is 44.4 Å².